The highest BCUT2D eigenvalue weighted by molar-refractivity contribution is 5.86. The number of nitriles is 1. The Bertz CT molecular complexity index is 1450. The second-order valence-corrected chi connectivity index (χ2v) is 9.76. The molecule has 7 nitrogen and oxygen atoms in total. The molecule has 4 rings (SSSR count). The summed E-state index contributed by atoms with van der Waals surface area (Å²) in [5.41, 5.74) is 5.31. The molecule has 0 saturated heterocycles. The van der Waals surface area contributed by atoms with Crippen LogP contribution >= 0.6 is 0 Å². The molecule has 0 saturated carbocycles. The third kappa shape index (κ3) is 6.66. The number of aliphatic carboxylic acids is 1. The minimum absolute atomic E-state index is 0.105. The van der Waals surface area contributed by atoms with Crippen molar-refractivity contribution in [2.75, 3.05) is 13.2 Å². The van der Waals surface area contributed by atoms with Crippen molar-refractivity contribution >= 4 is 11.9 Å². The summed E-state index contributed by atoms with van der Waals surface area (Å²) in [5.74, 6) is -2.28. The van der Waals surface area contributed by atoms with Crippen molar-refractivity contribution in [3.05, 3.63) is 108 Å². The zero-order valence-electron chi connectivity index (χ0n) is 22.5. The largest absolute Gasteiger partial charge is 0.481 e. The Hall–Kier alpha value is -4.67. The molecule has 40 heavy (non-hydrogen) atoms. The van der Waals surface area contributed by atoms with Gasteiger partial charge in [0.15, 0.2) is 0 Å². The van der Waals surface area contributed by atoms with E-state index in [0.29, 0.717) is 18.4 Å². The molecule has 0 aliphatic heterocycles. The Morgan fingerprint density at radius 1 is 0.900 bits per heavy atom. The van der Waals surface area contributed by atoms with Gasteiger partial charge in [-0.2, -0.15) is 5.26 Å². The number of carbonyl (C=O) groups excluding carboxylic acids is 1. The quantitative estimate of drug-likeness (QED) is 0.240. The fourth-order valence-corrected chi connectivity index (χ4v) is 4.96. The van der Waals surface area contributed by atoms with Crippen LogP contribution in [-0.2, 0) is 16.1 Å². The van der Waals surface area contributed by atoms with E-state index in [0.717, 1.165) is 27.8 Å². The lowest BCUT2D eigenvalue weighted by Gasteiger charge is -2.31. The molecule has 4 aromatic rings. The molecule has 7 heteroatoms. The van der Waals surface area contributed by atoms with Gasteiger partial charge in [0.1, 0.15) is 6.04 Å². The fourth-order valence-electron chi connectivity index (χ4n) is 4.96. The first-order valence-electron chi connectivity index (χ1n) is 13.4. The Balaban J connectivity index is 1.64. The second kappa shape index (κ2) is 13.4. The molecule has 0 aliphatic carbocycles. The highest BCUT2D eigenvalue weighted by Crippen LogP contribution is 2.31. The Morgan fingerprint density at radius 3 is 2.05 bits per heavy atom. The van der Waals surface area contributed by atoms with Crippen LogP contribution in [0.3, 0.4) is 0 Å². The maximum Gasteiger partial charge on any atom is 0.309 e. The maximum atomic E-state index is 14.0. The zero-order valence-corrected chi connectivity index (χ0v) is 22.5. The number of aliphatic hydroxyl groups excluding tert-OH is 1. The summed E-state index contributed by atoms with van der Waals surface area (Å²) < 4.78 is 1.70. The first kappa shape index (κ1) is 28.3. The van der Waals surface area contributed by atoms with Crippen LogP contribution in [0.4, 0.5) is 0 Å². The molecule has 0 bridgehead atoms. The smallest absolute Gasteiger partial charge is 0.309 e. The second-order valence-electron chi connectivity index (χ2n) is 9.76. The van der Waals surface area contributed by atoms with E-state index in [1.54, 1.807) is 22.9 Å². The van der Waals surface area contributed by atoms with Crippen LogP contribution in [0, 0.1) is 17.2 Å². The number of benzene rings is 3. The maximum absolute atomic E-state index is 14.0. The lowest BCUT2D eigenvalue weighted by molar-refractivity contribution is -0.150. The zero-order chi connectivity index (χ0) is 28.5. The predicted molar refractivity (Wildman–Crippen MR) is 154 cm³/mol. The van der Waals surface area contributed by atoms with Crippen molar-refractivity contribution in [2.45, 2.75) is 32.4 Å². The molecule has 0 spiro atoms. The normalized spacial score (nSPS) is 12.3. The van der Waals surface area contributed by atoms with E-state index in [-0.39, 0.29) is 25.6 Å². The lowest BCUT2D eigenvalue weighted by atomic mass is 9.93. The third-order valence-electron chi connectivity index (χ3n) is 7.05. The highest BCUT2D eigenvalue weighted by Gasteiger charge is 2.37. The van der Waals surface area contributed by atoms with E-state index < -0.39 is 17.9 Å². The Kier molecular flexibility index (Phi) is 9.50. The van der Waals surface area contributed by atoms with E-state index in [2.05, 4.69) is 6.07 Å². The number of carboxylic acids is 1. The number of carboxylic acid groups (broad SMARTS) is 1. The Morgan fingerprint density at radius 2 is 1.50 bits per heavy atom. The van der Waals surface area contributed by atoms with Gasteiger partial charge in [0.25, 0.3) is 0 Å². The number of rotatable bonds is 12. The molecule has 1 unspecified atom stereocenters. The van der Waals surface area contributed by atoms with E-state index >= 15 is 0 Å². The molecule has 0 aliphatic rings. The molecule has 2 atom stereocenters. The number of amides is 1. The van der Waals surface area contributed by atoms with Crippen LogP contribution in [0.5, 0.6) is 0 Å². The van der Waals surface area contributed by atoms with Gasteiger partial charge < -0.3 is 19.7 Å². The number of hydrogen-bond donors (Lipinski definition) is 2. The molecule has 0 fully saturated rings. The van der Waals surface area contributed by atoms with Gasteiger partial charge in [0.05, 0.1) is 24.2 Å². The van der Waals surface area contributed by atoms with E-state index in [1.165, 1.54) is 4.90 Å². The summed E-state index contributed by atoms with van der Waals surface area (Å²) in [5, 5.41) is 28.9. The molecule has 2 N–H and O–H groups in total. The summed E-state index contributed by atoms with van der Waals surface area (Å²) in [7, 11) is 0. The SMILES string of the molecule is CCCC(C(=O)O)[C@H](C(=O)N(CCO)Cc1ccccc1)n1ccc(-c2ccc(-c3ccc(C#N)cc3)cc2)c1. The van der Waals surface area contributed by atoms with Crippen molar-refractivity contribution in [3.8, 4) is 28.3 Å². The first-order chi connectivity index (χ1) is 19.4. The van der Waals surface area contributed by atoms with Crippen molar-refractivity contribution in [2.24, 2.45) is 5.92 Å². The molecule has 1 amide bonds. The number of hydrogen-bond acceptors (Lipinski definition) is 4. The van der Waals surface area contributed by atoms with Crippen LogP contribution in [0.1, 0.15) is 36.9 Å². The molecule has 1 heterocycles. The van der Waals surface area contributed by atoms with E-state index in [1.807, 2.05) is 85.9 Å². The standard InChI is InChI=1S/C33H33N3O4/c1-2-6-30(33(39)40)31(32(38)36(19-20-37)22-25-7-4-3-5-8-25)35-18-17-29(23-35)28-15-13-27(14-16-28)26-11-9-24(21-34)10-12-26/h3-5,7-18,23,30-31,37H,2,6,19-20,22H2,1H3,(H,39,40)/t30?,31-/m1/s1. The van der Waals surface area contributed by atoms with Gasteiger partial charge in [0.2, 0.25) is 5.91 Å². The van der Waals surface area contributed by atoms with Crippen molar-refractivity contribution in [1.82, 2.24) is 9.47 Å². The fraction of sp³-hybridized carbons (Fsp3) is 0.242. The predicted octanol–water partition coefficient (Wildman–Crippen LogP) is 5.76. The highest BCUT2D eigenvalue weighted by atomic mass is 16.4. The molecular weight excluding hydrogens is 502 g/mol. The van der Waals surface area contributed by atoms with Gasteiger partial charge in [-0.25, -0.2) is 0 Å². The molecular formula is C33H33N3O4. The minimum Gasteiger partial charge on any atom is -0.481 e. The topological polar surface area (TPSA) is 107 Å². The summed E-state index contributed by atoms with van der Waals surface area (Å²) >= 11 is 0. The van der Waals surface area contributed by atoms with Crippen LogP contribution < -0.4 is 0 Å². The van der Waals surface area contributed by atoms with Gasteiger partial charge in [-0.05, 0) is 52.4 Å². The number of nitrogens with zero attached hydrogens (tertiary/aromatic N) is 3. The average molecular weight is 536 g/mol. The third-order valence-corrected chi connectivity index (χ3v) is 7.05. The van der Waals surface area contributed by atoms with E-state index in [4.69, 9.17) is 5.26 Å². The minimum atomic E-state index is -1.02. The first-order valence-corrected chi connectivity index (χ1v) is 13.4. The number of aliphatic hydroxyl groups is 1. The van der Waals surface area contributed by atoms with Crippen LogP contribution in [0.2, 0.25) is 0 Å². The summed E-state index contributed by atoms with van der Waals surface area (Å²) in [6, 6.07) is 27.9. The van der Waals surface area contributed by atoms with Crippen LogP contribution in [0.25, 0.3) is 22.3 Å². The monoisotopic (exact) mass is 535 g/mol. The Labute approximate surface area is 234 Å². The number of aromatic nitrogens is 1. The lowest BCUT2D eigenvalue weighted by Crippen LogP contribution is -2.43. The summed E-state index contributed by atoms with van der Waals surface area (Å²) in [4.78, 5) is 27.9. The van der Waals surface area contributed by atoms with Gasteiger partial charge in [-0.1, -0.05) is 80.1 Å². The molecule has 204 valence electrons. The molecule has 1 aromatic heterocycles. The van der Waals surface area contributed by atoms with Crippen LogP contribution in [-0.4, -0.2) is 44.7 Å². The van der Waals surface area contributed by atoms with Crippen molar-refractivity contribution in [3.63, 3.8) is 0 Å². The van der Waals surface area contributed by atoms with Crippen LogP contribution in [0.15, 0.2) is 97.3 Å². The molecule has 3 aromatic carbocycles. The van der Waals surface area contributed by atoms with Gasteiger partial charge >= 0.3 is 5.97 Å². The van der Waals surface area contributed by atoms with E-state index in [9.17, 15) is 19.8 Å². The van der Waals surface area contributed by atoms with Gasteiger partial charge in [-0.3, -0.25) is 9.59 Å². The number of carbonyl (C=O) groups is 2. The van der Waals surface area contributed by atoms with Gasteiger partial charge in [-0.15, -0.1) is 0 Å². The average Bonchev–Trinajstić information content (AvgIpc) is 3.47. The van der Waals surface area contributed by atoms with Crippen molar-refractivity contribution < 1.29 is 19.8 Å². The van der Waals surface area contributed by atoms with Crippen molar-refractivity contribution in [1.29, 1.82) is 5.26 Å². The summed E-state index contributed by atoms with van der Waals surface area (Å²) in [6.07, 6.45) is 4.55. The summed E-state index contributed by atoms with van der Waals surface area (Å²) in [6.45, 7) is 2.07. The van der Waals surface area contributed by atoms with Gasteiger partial charge in [0, 0.05) is 25.5 Å². The molecule has 0 radical (unpaired) electrons.